The summed E-state index contributed by atoms with van der Waals surface area (Å²) in [5.41, 5.74) is 1.30. The van der Waals surface area contributed by atoms with E-state index in [1.807, 2.05) is 0 Å². The molecule has 2 amide bonds. The minimum absolute atomic E-state index is 0.00539. The number of carbonyl (C=O) groups excluding carboxylic acids is 3. The van der Waals surface area contributed by atoms with E-state index in [1.165, 1.54) is 37.3 Å². The summed E-state index contributed by atoms with van der Waals surface area (Å²) in [7, 11) is 0. The lowest BCUT2D eigenvalue weighted by molar-refractivity contribution is -0.129. The number of nitrogens with zero attached hydrogens (tertiary/aromatic N) is 2. The van der Waals surface area contributed by atoms with E-state index in [2.05, 4.69) is 11.4 Å². The molecule has 0 saturated heterocycles. The molecule has 0 saturated carbocycles. The Morgan fingerprint density at radius 2 is 2.00 bits per heavy atom. The lowest BCUT2D eigenvalue weighted by Gasteiger charge is -2.25. The maximum absolute atomic E-state index is 12.3. The van der Waals surface area contributed by atoms with E-state index in [1.54, 1.807) is 4.90 Å². The van der Waals surface area contributed by atoms with Crippen LogP contribution in [0.5, 0.6) is 0 Å². The van der Waals surface area contributed by atoms with Gasteiger partial charge in [-0.2, -0.15) is 5.26 Å². The molecule has 1 aliphatic heterocycles. The molecule has 0 bridgehead atoms. The van der Waals surface area contributed by atoms with Gasteiger partial charge in [-0.25, -0.2) is 0 Å². The number of hydrogen-bond acceptors (Lipinski definition) is 6. The Balaban J connectivity index is 1.85. The third-order valence-electron chi connectivity index (χ3n) is 4.02. The van der Waals surface area contributed by atoms with Crippen molar-refractivity contribution < 1.29 is 18.8 Å². The van der Waals surface area contributed by atoms with Crippen LogP contribution >= 0.6 is 11.3 Å². The fourth-order valence-electron chi connectivity index (χ4n) is 2.69. The lowest BCUT2D eigenvalue weighted by Crippen LogP contribution is -2.33. The third-order valence-corrected chi connectivity index (χ3v) is 5.15. The summed E-state index contributed by atoms with van der Waals surface area (Å²) in [5, 5.41) is 12.6. The highest BCUT2D eigenvalue weighted by Gasteiger charge is 2.27. The first-order valence-corrected chi connectivity index (χ1v) is 8.44. The zero-order chi connectivity index (χ0) is 18.1. The summed E-state index contributed by atoms with van der Waals surface area (Å²) in [5.74, 6) is -0.701. The minimum atomic E-state index is -0.522. The number of anilines is 1. The maximum Gasteiger partial charge on any atom is 0.292 e. The zero-order valence-corrected chi connectivity index (χ0v) is 14.5. The first-order chi connectivity index (χ1) is 11.9. The van der Waals surface area contributed by atoms with Crippen molar-refractivity contribution in [3.63, 3.8) is 0 Å². The molecular weight excluding hydrogens is 342 g/mol. The van der Waals surface area contributed by atoms with Gasteiger partial charge < -0.3 is 14.6 Å². The van der Waals surface area contributed by atoms with Crippen LogP contribution in [-0.2, 0) is 17.8 Å². The number of nitriles is 1. The summed E-state index contributed by atoms with van der Waals surface area (Å²) in [4.78, 5) is 37.7. The monoisotopic (exact) mass is 357 g/mol. The minimum Gasteiger partial charge on any atom is -0.448 e. The molecule has 25 heavy (non-hydrogen) atoms. The average molecular weight is 357 g/mol. The van der Waals surface area contributed by atoms with Gasteiger partial charge in [0, 0.05) is 25.3 Å². The molecule has 0 unspecified atom stereocenters. The standard InChI is InChI=1S/C17H15N3O4S/c1-9(21)13-3-4-14(24-13)16(23)19-17-12(7-18)11-5-6-20(10(2)22)8-15(11)25-17/h3-4H,5-6,8H2,1-2H3,(H,19,23). The van der Waals surface area contributed by atoms with Gasteiger partial charge in [-0.1, -0.05) is 0 Å². The van der Waals surface area contributed by atoms with E-state index < -0.39 is 5.91 Å². The molecule has 128 valence electrons. The number of carbonyl (C=O) groups is 3. The van der Waals surface area contributed by atoms with Crippen LogP contribution in [0.2, 0.25) is 0 Å². The van der Waals surface area contributed by atoms with Crippen molar-refractivity contribution in [1.82, 2.24) is 4.90 Å². The molecule has 0 fully saturated rings. The van der Waals surface area contributed by atoms with Crippen LogP contribution in [0.15, 0.2) is 16.5 Å². The topological polar surface area (TPSA) is 103 Å². The van der Waals surface area contributed by atoms with Crippen LogP contribution in [-0.4, -0.2) is 29.0 Å². The lowest BCUT2D eigenvalue weighted by atomic mass is 10.0. The fourth-order valence-corrected chi connectivity index (χ4v) is 3.90. The molecule has 3 heterocycles. The number of amides is 2. The number of furan rings is 1. The molecule has 0 radical (unpaired) electrons. The van der Waals surface area contributed by atoms with Crippen LogP contribution < -0.4 is 5.32 Å². The van der Waals surface area contributed by atoms with Crippen molar-refractivity contribution in [2.45, 2.75) is 26.8 Å². The summed E-state index contributed by atoms with van der Waals surface area (Å²) < 4.78 is 5.21. The molecule has 0 atom stereocenters. The van der Waals surface area contributed by atoms with Gasteiger partial charge in [0.2, 0.25) is 5.91 Å². The van der Waals surface area contributed by atoms with Crippen LogP contribution in [0.4, 0.5) is 5.00 Å². The van der Waals surface area contributed by atoms with Gasteiger partial charge in [0.15, 0.2) is 17.3 Å². The van der Waals surface area contributed by atoms with E-state index in [0.29, 0.717) is 30.1 Å². The molecule has 0 aromatic carbocycles. The Morgan fingerprint density at radius 1 is 1.28 bits per heavy atom. The van der Waals surface area contributed by atoms with Crippen LogP contribution in [0, 0.1) is 11.3 Å². The molecule has 2 aromatic heterocycles. The van der Waals surface area contributed by atoms with E-state index in [9.17, 15) is 19.6 Å². The van der Waals surface area contributed by atoms with E-state index in [0.717, 1.165) is 10.4 Å². The van der Waals surface area contributed by atoms with Crippen molar-refractivity contribution >= 4 is 33.9 Å². The quantitative estimate of drug-likeness (QED) is 0.850. The van der Waals surface area contributed by atoms with Gasteiger partial charge in [0.1, 0.15) is 11.1 Å². The highest BCUT2D eigenvalue weighted by Crippen LogP contribution is 2.36. The first kappa shape index (κ1) is 16.9. The van der Waals surface area contributed by atoms with Gasteiger partial charge in [-0.15, -0.1) is 11.3 Å². The largest absolute Gasteiger partial charge is 0.448 e. The number of hydrogen-bond donors (Lipinski definition) is 1. The molecule has 7 nitrogen and oxygen atoms in total. The number of thiophene rings is 1. The second-order valence-corrected chi connectivity index (χ2v) is 6.79. The summed E-state index contributed by atoms with van der Waals surface area (Å²) in [6, 6.07) is 4.99. The number of ketones is 1. The summed E-state index contributed by atoms with van der Waals surface area (Å²) >= 11 is 1.29. The van der Waals surface area contributed by atoms with Gasteiger partial charge >= 0.3 is 0 Å². The van der Waals surface area contributed by atoms with Crippen molar-refractivity contribution in [2.75, 3.05) is 11.9 Å². The van der Waals surface area contributed by atoms with Gasteiger partial charge in [0.25, 0.3) is 5.91 Å². The highest BCUT2D eigenvalue weighted by atomic mass is 32.1. The maximum atomic E-state index is 12.3. The van der Waals surface area contributed by atoms with Crippen molar-refractivity contribution in [2.24, 2.45) is 0 Å². The van der Waals surface area contributed by atoms with Crippen LogP contribution in [0.25, 0.3) is 0 Å². The molecule has 3 rings (SSSR count). The fraction of sp³-hybridized carbons (Fsp3) is 0.294. The van der Waals surface area contributed by atoms with Crippen molar-refractivity contribution in [1.29, 1.82) is 5.26 Å². The van der Waals surface area contributed by atoms with E-state index in [4.69, 9.17) is 4.42 Å². The Hall–Kier alpha value is -2.92. The second kappa shape index (κ2) is 6.53. The predicted octanol–water partition coefficient (Wildman–Crippen LogP) is 2.57. The normalized spacial score (nSPS) is 13.1. The van der Waals surface area contributed by atoms with Gasteiger partial charge in [0.05, 0.1) is 12.1 Å². The Morgan fingerprint density at radius 3 is 2.60 bits per heavy atom. The molecule has 1 N–H and O–H groups in total. The predicted molar refractivity (Wildman–Crippen MR) is 90.5 cm³/mol. The van der Waals surface area contributed by atoms with Crippen molar-refractivity contribution in [3.8, 4) is 6.07 Å². The van der Waals surface area contributed by atoms with Crippen LogP contribution in [0.1, 0.15) is 51.0 Å². The average Bonchev–Trinajstić information content (AvgIpc) is 3.18. The first-order valence-electron chi connectivity index (χ1n) is 7.63. The number of rotatable bonds is 3. The molecule has 0 aliphatic carbocycles. The molecule has 8 heteroatoms. The Labute approximate surface area is 147 Å². The molecule has 2 aromatic rings. The zero-order valence-electron chi connectivity index (χ0n) is 13.7. The SMILES string of the molecule is CC(=O)c1ccc(C(=O)Nc2sc3c(c2C#N)CCN(C(C)=O)C3)o1. The third kappa shape index (κ3) is 3.19. The van der Waals surface area contributed by atoms with Gasteiger partial charge in [-0.05, 0) is 24.1 Å². The number of fused-ring (bicyclic) bond motifs is 1. The second-order valence-electron chi connectivity index (χ2n) is 5.68. The smallest absolute Gasteiger partial charge is 0.292 e. The Kier molecular flexibility index (Phi) is 4.42. The molecular formula is C17H15N3O4S. The van der Waals surface area contributed by atoms with Crippen LogP contribution in [0.3, 0.4) is 0 Å². The van der Waals surface area contributed by atoms with Gasteiger partial charge in [-0.3, -0.25) is 14.4 Å². The summed E-state index contributed by atoms with van der Waals surface area (Å²) in [6.07, 6.45) is 0.583. The number of Topliss-reactive ketones (excluding diaryl/α,β-unsaturated/α-hetero) is 1. The highest BCUT2D eigenvalue weighted by molar-refractivity contribution is 7.16. The van der Waals surface area contributed by atoms with E-state index >= 15 is 0 Å². The summed E-state index contributed by atoms with van der Waals surface area (Å²) in [6.45, 7) is 3.86. The van der Waals surface area contributed by atoms with Crippen molar-refractivity contribution in [3.05, 3.63) is 39.7 Å². The molecule has 0 spiro atoms. The van der Waals surface area contributed by atoms with E-state index in [-0.39, 0.29) is 23.2 Å². The molecule has 1 aliphatic rings. The Bertz CT molecular complexity index is 919. The number of nitrogens with one attached hydrogen (secondary N) is 1.